The number of aryl methyl sites for hydroxylation is 3. The van der Waals surface area contributed by atoms with Crippen LogP contribution in [0.15, 0.2) is 170 Å². The highest BCUT2D eigenvalue weighted by Crippen LogP contribution is 2.45. The minimum atomic E-state index is -0.0932. The van der Waals surface area contributed by atoms with Crippen LogP contribution < -0.4 is 35.7 Å². The molecule has 0 amide bonds. The first kappa shape index (κ1) is 32.0. The fourth-order valence-corrected chi connectivity index (χ4v) is 8.35. The molecule has 8 aromatic carbocycles. The van der Waals surface area contributed by atoms with Gasteiger partial charge in [-0.25, -0.2) is 0 Å². The van der Waals surface area contributed by atoms with E-state index in [0.717, 1.165) is 89.8 Å². The van der Waals surface area contributed by atoms with Gasteiger partial charge in [0.25, 0.3) is 6.71 Å². The van der Waals surface area contributed by atoms with Gasteiger partial charge in [-0.3, -0.25) is 0 Å². The Morgan fingerprint density at radius 2 is 0.889 bits per heavy atom. The standard InChI is InChI=1S/C49H37BN2O2/c1-32-14-12-20-37(26-32)51(38-21-13-15-33(2)27-38)39-24-25-42-44(30-39)53-45-28-34(3)29-46-49(45)50(42)48-41-23-11-10-22-40(41)43(31-47(48)54-46)52(35-16-6-4-7-17-35)36-18-8-5-9-19-36/h4-31H,1-3H3. The quantitative estimate of drug-likeness (QED) is 0.162. The molecule has 0 N–H and O–H groups in total. The molecule has 54 heavy (non-hydrogen) atoms. The van der Waals surface area contributed by atoms with E-state index in [-0.39, 0.29) is 6.71 Å². The molecule has 2 heterocycles. The van der Waals surface area contributed by atoms with Crippen LogP contribution in [-0.4, -0.2) is 6.71 Å². The Morgan fingerprint density at radius 3 is 1.50 bits per heavy atom. The molecule has 0 fully saturated rings. The zero-order valence-electron chi connectivity index (χ0n) is 30.5. The van der Waals surface area contributed by atoms with E-state index in [1.54, 1.807) is 0 Å². The first-order valence-corrected chi connectivity index (χ1v) is 18.5. The maximum atomic E-state index is 6.98. The van der Waals surface area contributed by atoms with Gasteiger partial charge in [-0.2, -0.15) is 0 Å². The molecule has 258 valence electrons. The highest BCUT2D eigenvalue weighted by atomic mass is 16.5. The predicted octanol–water partition coefficient (Wildman–Crippen LogP) is 11.4. The molecule has 0 spiro atoms. The second-order valence-corrected chi connectivity index (χ2v) is 14.4. The summed E-state index contributed by atoms with van der Waals surface area (Å²) in [7, 11) is 0. The molecule has 0 aliphatic carbocycles. The third kappa shape index (κ3) is 5.31. The van der Waals surface area contributed by atoms with Crippen LogP contribution in [0, 0.1) is 20.8 Å². The number of fused-ring (bicyclic) bond motifs is 6. The van der Waals surface area contributed by atoms with Crippen molar-refractivity contribution in [2.75, 3.05) is 9.80 Å². The molecule has 0 saturated heterocycles. The number of ether oxygens (including phenoxy) is 2. The van der Waals surface area contributed by atoms with Crippen LogP contribution in [-0.2, 0) is 0 Å². The van der Waals surface area contributed by atoms with E-state index in [2.05, 4.69) is 200 Å². The Bertz CT molecular complexity index is 2640. The molecule has 0 saturated carbocycles. The van der Waals surface area contributed by atoms with E-state index < -0.39 is 0 Å². The zero-order valence-corrected chi connectivity index (χ0v) is 30.5. The van der Waals surface area contributed by atoms with Crippen molar-refractivity contribution in [2.24, 2.45) is 0 Å². The SMILES string of the molecule is Cc1cccc(N(c2cccc(C)c2)c2ccc3c(c2)Oc2cc(C)cc4c2B3c2c(cc(N(c3ccccc3)c3ccccc3)c3ccccc23)O4)c1. The molecule has 0 aromatic heterocycles. The number of nitrogens with zero attached hydrogens (tertiary/aromatic N) is 2. The summed E-state index contributed by atoms with van der Waals surface area (Å²) < 4.78 is 13.9. The second kappa shape index (κ2) is 12.7. The van der Waals surface area contributed by atoms with Crippen molar-refractivity contribution < 1.29 is 9.47 Å². The van der Waals surface area contributed by atoms with Gasteiger partial charge in [0, 0.05) is 51.4 Å². The zero-order chi connectivity index (χ0) is 36.3. The number of para-hydroxylation sites is 2. The van der Waals surface area contributed by atoms with Gasteiger partial charge >= 0.3 is 0 Å². The van der Waals surface area contributed by atoms with E-state index in [0.29, 0.717) is 0 Å². The summed E-state index contributed by atoms with van der Waals surface area (Å²) in [6.07, 6.45) is 0. The third-order valence-electron chi connectivity index (χ3n) is 10.6. The Balaban J connectivity index is 1.19. The van der Waals surface area contributed by atoms with Crippen LogP contribution in [0.4, 0.5) is 34.1 Å². The first-order chi connectivity index (χ1) is 26.5. The van der Waals surface area contributed by atoms with Crippen LogP contribution in [0.5, 0.6) is 23.0 Å². The van der Waals surface area contributed by atoms with Gasteiger partial charge in [-0.15, -0.1) is 0 Å². The minimum Gasteiger partial charge on any atom is -0.458 e. The average Bonchev–Trinajstić information content (AvgIpc) is 3.18. The molecular weight excluding hydrogens is 659 g/mol. The molecule has 2 aliphatic rings. The van der Waals surface area contributed by atoms with E-state index in [1.807, 2.05) is 0 Å². The fourth-order valence-electron chi connectivity index (χ4n) is 8.35. The summed E-state index contributed by atoms with van der Waals surface area (Å²) in [6, 6.07) is 60.5. The molecule has 2 aliphatic heterocycles. The molecule has 0 radical (unpaired) electrons. The van der Waals surface area contributed by atoms with Gasteiger partial charge in [-0.1, -0.05) is 91.0 Å². The van der Waals surface area contributed by atoms with Crippen LogP contribution >= 0.6 is 0 Å². The monoisotopic (exact) mass is 696 g/mol. The van der Waals surface area contributed by atoms with Crippen LogP contribution in [0.3, 0.4) is 0 Å². The Morgan fingerprint density at radius 1 is 0.370 bits per heavy atom. The fraction of sp³-hybridized carbons (Fsp3) is 0.0612. The van der Waals surface area contributed by atoms with E-state index in [4.69, 9.17) is 9.47 Å². The summed E-state index contributed by atoms with van der Waals surface area (Å²) in [5, 5.41) is 2.31. The van der Waals surface area contributed by atoms with Crippen LogP contribution in [0.25, 0.3) is 10.8 Å². The Kier molecular flexibility index (Phi) is 7.55. The van der Waals surface area contributed by atoms with Crippen molar-refractivity contribution >= 4 is 68.0 Å². The van der Waals surface area contributed by atoms with Gasteiger partial charge < -0.3 is 19.3 Å². The molecule has 5 heteroatoms. The van der Waals surface area contributed by atoms with E-state index >= 15 is 0 Å². The van der Waals surface area contributed by atoms with Gasteiger partial charge in [-0.05, 0) is 121 Å². The molecule has 0 unspecified atom stereocenters. The lowest BCUT2D eigenvalue weighted by atomic mass is 9.34. The topological polar surface area (TPSA) is 24.9 Å². The van der Waals surface area contributed by atoms with Gasteiger partial charge in [0.05, 0.1) is 5.69 Å². The molecular formula is C49H37BN2O2. The summed E-state index contributed by atoms with van der Waals surface area (Å²) in [5.74, 6) is 3.38. The van der Waals surface area contributed by atoms with Crippen molar-refractivity contribution in [2.45, 2.75) is 20.8 Å². The number of anilines is 6. The summed E-state index contributed by atoms with van der Waals surface area (Å²) in [5.41, 5.74) is 13.3. The van der Waals surface area contributed by atoms with Crippen molar-refractivity contribution in [1.29, 1.82) is 0 Å². The molecule has 10 rings (SSSR count). The molecule has 0 bridgehead atoms. The summed E-state index contributed by atoms with van der Waals surface area (Å²) in [6.45, 7) is 6.30. The van der Waals surface area contributed by atoms with Gasteiger partial charge in [0.1, 0.15) is 23.0 Å². The average molecular weight is 697 g/mol. The Labute approximate surface area is 316 Å². The normalized spacial score (nSPS) is 12.2. The van der Waals surface area contributed by atoms with E-state index in [1.165, 1.54) is 11.1 Å². The Hall–Kier alpha value is -6.72. The lowest BCUT2D eigenvalue weighted by Crippen LogP contribution is -2.57. The smallest absolute Gasteiger partial charge is 0.261 e. The minimum absolute atomic E-state index is 0.0932. The predicted molar refractivity (Wildman–Crippen MR) is 225 cm³/mol. The largest absolute Gasteiger partial charge is 0.458 e. The lowest BCUT2D eigenvalue weighted by Gasteiger charge is -2.36. The summed E-state index contributed by atoms with van der Waals surface area (Å²) >= 11 is 0. The van der Waals surface area contributed by atoms with Crippen molar-refractivity contribution in [3.05, 3.63) is 187 Å². The van der Waals surface area contributed by atoms with E-state index in [9.17, 15) is 0 Å². The number of rotatable bonds is 6. The number of hydrogen-bond donors (Lipinski definition) is 0. The highest BCUT2D eigenvalue weighted by molar-refractivity contribution is 6.99. The maximum absolute atomic E-state index is 6.98. The number of hydrogen-bond acceptors (Lipinski definition) is 4. The first-order valence-electron chi connectivity index (χ1n) is 18.5. The molecule has 4 nitrogen and oxygen atoms in total. The highest BCUT2D eigenvalue weighted by Gasteiger charge is 2.42. The molecule has 8 aromatic rings. The lowest BCUT2D eigenvalue weighted by molar-refractivity contribution is 0.464. The van der Waals surface area contributed by atoms with Crippen molar-refractivity contribution in [3.8, 4) is 23.0 Å². The van der Waals surface area contributed by atoms with Crippen molar-refractivity contribution in [1.82, 2.24) is 0 Å². The third-order valence-corrected chi connectivity index (χ3v) is 10.6. The maximum Gasteiger partial charge on any atom is 0.261 e. The second-order valence-electron chi connectivity index (χ2n) is 14.4. The van der Waals surface area contributed by atoms with Crippen LogP contribution in [0.1, 0.15) is 16.7 Å². The van der Waals surface area contributed by atoms with Crippen LogP contribution in [0.2, 0.25) is 0 Å². The van der Waals surface area contributed by atoms with Gasteiger partial charge in [0.15, 0.2) is 0 Å². The number of benzene rings is 8. The molecule has 0 atom stereocenters. The van der Waals surface area contributed by atoms with Crippen molar-refractivity contribution in [3.63, 3.8) is 0 Å². The van der Waals surface area contributed by atoms with Gasteiger partial charge in [0.2, 0.25) is 0 Å². The summed E-state index contributed by atoms with van der Waals surface area (Å²) in [4.78, 5) is 4.65.